The molecule has 0 radical (unpaired) electrons. The van der Waals surface area contributed by atoms with Crippen LogP contribution in [0.2, 0.25) is 5.02 Å². The summed E-state index contributed by atoms with van der Waals surface area (Å²) in [4.78, 5) is 1.29. The molecule has 0 saturated heterocycles. The first-order chi connectivity index (χ1) is 8.09. The van der Waals surface area contributed by atoms with Crippen LogP contribution in [0.15, 0.2) is 15.9 Å². The van der Waals surface area contributed by atoms with Gasteiger partial charge in [-0.1, -0.05) is 11.6 Å². The van der Waals surface area contributed by atoms with Gasteiger partial charge in [-0.15, -0.1) is 11.3 Å². The van der Waals surface area contributed by atoms with E-state index < -0.39 is 0 Å². The van der Waals surface area contributed by atoms with Crippen molar-refractivity contribution in [2.75, 3.05) is 0 Å². The molecule has 2 aromatic rings. The summed E-state index contributed by atoms with van der Waals surface area (Å²) in [6, 6.07) is 2.06. The van der Waals surface area contributed by atoms with Crippen molar-refractivity contribution in [2.45, 2.75) is 20.0 Å². The summed E-state index contributed by atoms with van der Waals surface area (Å²) < 4.78 is 2.98. The minimum Gasteiger partial charge on any atom is -0.306 e. The van der Waals surface area contributed by atoms with E-state index in [1.165, 1.54) is 4.88 Å². The average molecular weight is 335 g/mol. The van der Waals surface area contributed by atoms with Gasteiger partial charge in [-0.05, 0) is 34.3 Å². The van der Waals surface area contributed by atoms with Crippen LogP contribution in [0.4, 0.5) is 0 Å². The van der Waals surface area contributed by atoms with Crippen molar-refractivity contribution in [3.05, 3.63) is 37.2 Å². The molecule has 2 heterocycles. The molecule has 6 heteroatoms. The largest absolute Gasteiger partial charge is 0.306 e. The fourth-order valence-electron chi connectivity index (χ4n) is 1.62. The molecule has 0 aliphatic heterocycles. The number of nitrogens with one attached hydrogen (secondary N) is 1. The maximum absolute atomic E-state index is 6.18. The van der Waals surface area contributed by atoms with E-state index in [4.69, 9.17) is 11.6 Å². The van der Waals surface area contributed by atoms with E-state index in [9.17, 15) is 0 Å². The van der Waals surface area contributed by atoms with Crippen molar-refractivity contribution in [2.24, 2.45) is 7.05 Å². The molecule has 0 unspecified atom stereocenters. The number of nitrogens with zero attached hydrogens (tertiary/aromatic N) is 2. The molecule has 1 N–H and O–H groups in total. The third-order valence-electron chi connectivity index (χ3n) is 2.53. The summed E-state index contributed by atoms with van der Waals surface area (Å²) in [5.41, 5.74) is 1.90. The second-order valence-corrected chi connectivity index (χ2v) is 6.00. The number of aryl methyl sites for hydroxylation is 2. The van der Waals surface area contributed by atoms with Crippen LogP contribution < -0.4 is 5.32 Å². The van der Waals surface area contributed by atoms with Crippen LogP contribution >= 0.6 is 38.9 Å². The van der Waals surface area contributed by atoms with Gasteiger partial charge in [0, 0.05) is 29.5 Å². The molecule has 0 aliphatic rings. The average Bonchev–Trinajstić information content (AvgIpc) is 2.78. The van der Waals surface area contributed by atoms with Crippen molar-refractivity contribution in [3.8, 4) is 0 Å². The van der Waals surface area contributed by atoms with Gasteiger partial charge in [0.25, 0.3) is 0 Å². The lowest BCUT2D eigenvalue weighted by atomic mass is 10.3. The molecular weight excluding hydrogens is 322 g/mol. The van der Waals surface area contributed by atoms with E-state index in [0.717, 1.165) is 34.0 Å². The van der Waals surface area contributed by atoms with E-state index in [0.29, 0.717) is 0 Å². The lowest BCUT2D eigenvalue weighted by molar-refractivity contribution is 0.627. The third kappa shape index (κ3) is 2.91. The maximum Gasteiger partial charge on any atom is 0.0860 e. The normalized spacial score (nSPS) is 11.1. The van der Waals surface area contributed by atoms with Gasteiger partial charge in [0.2, 0.25) is 0 Å². The van der Waals surface area contributed by atoms with Crippen LogP contribution in [0.1, 0.15) is 16.3 Å². The highest BCUT2D eigenvalue weighted by Gasteiger charge is 2.10. The van der Waals surface area contributed by atoms with Gasteiger partial charge in [-0.3, -0.25) is 4.68 Å². The molecule has 2 rings (SSSR count). The molecule has 0 aromatic carbocycles. The van der Waals surface area contributed by atoms with E-state index in [1.54, 1.807) is 11.3 Å². The molecule has 0 saturated carbocycles. The zero-order valence-electron chi connectivity index (χ0n) is 9.63. The van der Waals surface area contributed by atoms with Crippen LogP contribution in [0.3, 0.4) is 0 Å². The zero-order valence-corrected chi connectivity index (χ0v) is 12.8. The van der Waals surface area contributed by atoms with Gasteiger partial charge in [0.1, 0.15) is 0 Å². The fraction of sp³-hybridized carbons (Fsp3) is 0.364. The minimum atomic E-state index is 0.723. The number of aromatic nitrogens is 2. The van der Waals surface area contributed by atoms with Crippen LogP contribution in [-0.2, 0) is 20.1 Å². The monoisotopic (exact) mass is 333 g/mol. The van der Waals surface area contributed by atoms with Crippen LogP contribution in [-0.4, -0.2) is 9.78 Å². The molecule has 0 bridgehead atoms. The first-order valence-corrected chi connectivity index (χ1v) is 7.25. The summed E-state index contributed by atoms with van der Waals surface area (Å²) in [5.74, 6) is 0. The van der Waals surface area contributed by atoms with Crippen molar-refractivity contribution in [1.29, 1.82) is 0 Å². The van der Waals surface area contributed by atoms with Crippen molar-refractivity contribution < 1.29 is 0 Å². The van der Waals surface area contributed by atoms with Crippen LogP contribution in [0.5, 0.6) is 0 Å². The van der Waals surface area contributed by atoms with Crippen molar-refractivity contribution in [1.82, 2.24) is 15.1 Å². The molecule has 17 heavy (non-hydrogen) atoms. The SMILES string of the molecule is Cc1nn(C)c(CNCc2sccc2Br)c1Cl. The van der Waals surface area contributed by atoms with Gasteiger partial charge in [-0.2, -0.15) is 5.10 Å². The Morgan fingerprint density at radius 3 is 2.82 bits per heavy atom. The Labute approximate surface area is 118 Å². The summed E-state index contributed by atoms with van der Waals surface area (Å²) in [5, 5.41) is 10.5. The van der Waals surface area contributed by atoms with Gasteiger partial charge in [-0.25, -0.2) is 0 Å². The lowest BCUT2D eigenvalue weighted by Crippen LogP contribution is -2.15. The molecule has 3 nitrogen and oxygen atoms in total. The van der Waals surface area contributed by atoms with Gasteiger partial charge < -0.3 is 5.32 Å². The number of hydrogen-bond donors (Lipinski definition) is 1. The zero-order chi connectivity index (χ0) is 12.4. The Bertz CT molecular complexity index is 521. The summed E-state index contributed by atoms with van der Waals surface area (Å²) in [6.45, 7) is 3.47. The predicted molar refractivity (Wildman–Crippen MR) is 75.5 cm³/mol. The Kier molecular flexibility index (Phi) is 4.25. The highest BCUT2D eigenvalue weighted by atomic mass is 79.9. The molecule has 92 valence electrons. The van der Waals surface area contributed by atoms with Crippen LogP contribution in [0, 0.1) is 6.92 Å². The second kappa shape index (κ2) is 5.52. The Morgan fingerprint density at radius 1 is 1.53 bits per heavy atom. The summed E-state index contributed by atoms with van der Waals surface area (Å²) in [7, 11) is 1.91. The smallest absolute Gasteiger partial charge is 0.0860 e. The minimum absolute atomic E-state index is 0.723. The fourth-order valence-corrected chi connectivity index (χ4v) is 3.31. The van der Waals surface area contributed by atoms with Gasteiger partial charge in [0.05, 0.1) is 16.4 Å². The van der Waals surface area contributed by atoms with Gasteiger partial charge in [0.15, 0.2) is 0 Å². The highest BCUT2D eigenvalue weighted by Crippen LogP contribution is 2.23. The standard InChI is InChI=1S/C11H13BrClN3S/c1-7-11(13)9(16(2)15-7)5-14-6-10-8(12)3-4-17-10/h3-4,14H,5-6H2,1-2H3. The van der Waals surface area contributed by atoms with Gasteiger partial charge >= 0.3 is 0 Å². The Morgan fingerprint density at radius 2 is 2.29 bits per heavy atom. The summed E-state index contributed by atoms with van der Waals surface area (Å²) in [6.07, 6.45) is 0. The molecule has 2 aromatic heterocycles. The number of rotatable bonds is 4. The first-order valence-electron chi connectivity index (χ1n) is 5.20. The predicted octanol–water partition coefficient (Wildman–Crippen LogP) is 3.50. The second-order valence-electron chi connectivity index (χ2n) is 3.76. The molecular formula is C11H13BrClN3S. The molecule has 0 amide bonds. The van der Waals surface area contributed by atoms with Crippen molar-refractivity contribution >= 4 is 38.9 Å². The van der Waals surface area contributed by atoms with E-state index in [1.807, 2.05) is 18.7 Å². The summed E-state index contributed by atoms with van der Waals surface area (Å²) >= 11 is 11.4. The molecule has 0 spiro atoms. The highest BCUT2D eigenvalue weighted by molar-refractivity contribution is 9.10. The molecule has 0 aliphatic carbocycles. The topological polar surface area (TPSA) is 29.9 Å². The van der Waals surface area contributed by atoms with Crippen LogP contribution in [0.25, 0.3) is 0 Å². The van der Waals surface area contributed by atoms with E-state index in [2.05, 4.69) is 37.8 Å². The Hall–Kier alpha value is -0.360. The first kappa shape index (κ1) is 13.1. The van der Waals surface area contributed by atoms with E-state index in [-0.39, 0.29) is 0 Å². The quantitative estimate of drug-likeness (QED) is 0.927. The Balaban J connectivity index is 1.97. The lowest BCUT2D eigenvalue weighted by Gasteiger charge is -2.05. The van der Waals surface area contributed by atoms with E-state index >= 15 is 0 Å². The number of hydrogen-bond acceptors (Lipinski definition) is 3. The molecule has 0 fully saturated rings. The number of thiophene rings is 1. The third-order valence-corrected chi connectivity index (χ3v) is 4.95. The molecule has 0 atom stereocenters. The number of halogens is 2. The van der Waals surface area contributed by atoms with Crippen molar-refractivity contribution in [3.63, 3.8) is 0 Å². The maximum atomic E-state index is 6.18.